The van der Waals surface area contributed by atoms with Crippen LogP contribution in [-0.4, -0.2) is 56.5 Å². The Morgan fingerprint density at radius 1 is 1.00 bits per heavy atom. The minimum Gasteiger partial charge on any atom is -0.378 e. The Kier molecular flexibility index (Phi) is 7.31. The van der Waals surface area contributed by atoms with E-state index in [2.05, 4.69) is 44.7 Å². The summed E-state index contributed by atoms with van der Waals surface area (Å²) in [5.41, 5.74) is 2.33. The largest absolute Gasteiger partial charge is 0.378 e. The predicted molar refractivity (Wildman–Crippen MR) is 112 cm³/mol. The lowest BCUT2D eigenvalue weighted by molar-refractivity contribution is -0.139. The lowest BCUT2D eigenvalue weighted by Gasteiger charge is -2.29. The molecule has 1 aliphatic carbocycles. The van der Waals surface area contributed by atoms with E-state index in [1.54, 1.807) is 0 Å². The molecule has 2 amide bonds. The molecule has 28 heavy (non-hydrogen) atoms. The van der Waals surface area contributed by atoms with Gasteiger partial charge in [-0.05, 0) is 56.5 Å². The lowest BCUT2D eigenvalue weighted by Crippen LogP contribution is -2.47. The quantitative estimate of drug-likeness (QED) is 0.737. The summed E-state index contributed by atoms with van der Waals surface area (Å²) >= 11 is 0. The molecule has 6 heteroatoms. The molecule has 0 radical (unpaired) electrons. The SMILES string of the molecule is CN(C)c1ccc([C@H](CNC(=O)C(=O)NC2CCCCC2)N2CCCC2)cc1. The van der Waals surface area contributed by atoms with E-state index >= 15 is 0 Å². The van der Waals surface area contributed by atoms with Crippen LogP contribution in [0.5, 0.6) is 0 Å². The zero-order valence-corrected chi connectivity index (χ0v) is 17.2. The number of carbonyl (C=O) groups is 2. The first-order valence-electron chi connectivity index (χ1n) is 10.6. The van der Waals surface area contributed by atoms with Crippen LogP contribution in [0.1, 0.15) is 56.6 Å². The highest BCUT2D eigenvalue weighted by atomic mass is 16.2. The van der Waals surface area contributed by atoms with Crippen LogP contribution >= 0.6 is 0 Å². The summed E-state index contributed by atoms with van der Waals surface area (Å²) in [6, 6.07) is 8.73. The van der Waals surface area contributed by atoms with Crippen LogP contribution in [0.25, 0.3) is 0 Å². The molecular weight excluding hydrogens is 352 g/mol. The highest BCUT2D eigenvalue weighted by molar-refractivity contribution is 6.35. The van der Waals surface area contributed by atoms with E-state index in [4.69, 9.17) is 0 Å². The summed E-state index contributed by atoms with van der Waals surface area (Å²) in [7, 11) is 4.05. The minimum absolute atomic E-state index is 0.102. The Labute approximate surface area is 168 Å². The van der Waals surface area contributed by atoms with Crippen molar-refractivity contribution in [1.29, 1.82) is 0 Å². The minimum atomic E-state index is -0.514. The second-order valence-electron chi connectivity index (χ2n) is 8.26. The first-order chi connectivity index (χ1) is 13.5. The van der Waals surface area contributed by atoms with Crippen molar-refractivity contribution >= 4 is 17.5 Å². The third-order valence-corrected chi connectivity index (χ3v) is 5.98. The molecule has 2 fully saturated rings. The van der Waals surface area contributed by atoms with Crippen molar-refractivity contribution in [3.05, 3.63) is 29.8 Å². The van der Waals surface area contributed by atoms with Gasteiger partial charge in [-0.25, -0.2) is 0 Å². The Bertz CT molecular complexity index is 647. The van der Waals surface area contributed by atoms with Gasteiger partial charge in [0.05, 0.1) is 6.04 Å². The number of likely N-dealkylation sites (tertiary alicyclic amines) is 1. The Morgan fingerprint density at radius 2 is 1.64 bits per heavy atom. The second kappa shape index (κ2) is 9.92. The third kappa shape index (κ3) is 5.47. The van der Waals surface area contributed by atoms with E-state index < -0.39 is 11.8 Å². The molecule has 0 bridgehead atoms. The van der Waals surface area contributed by atoms with Crippen LogP contribution in [0, 0.1) is 0 Å². The van der Waals surface area contributed by atoms with E-state index in [0.717, 1.165) is 44.5 Å². The molecule has 3 rings (SSSR count). The number of nitrogens with one attached hydrogen (secondary N) is 2. The fourth-order valence-corrected chi connectivity index (χ4v) is 4.27. The molecule has 154 valence electrons. The Balaban J connectivity index is 1.59. The van der Waals surface area contributed by atoms with Gasteiger partial charge in [-0.15, -0.1) is 0 Å². The number of carbonyl (C=O) groups excluding carboxylic acids is 2. The summed E-state index contributed by atoms with van der Waals surface area (Å²) in [6.07, 6.45) is 7.81. The molecule has 0 spiro atoms. The van der Waals surface area contributed by atoms with Gasteiger partial charge in [-0.3, -0.25) is 14.5 Å². The Hall–Kier alpha value is -2.08. The van der Waals surface area contributed by atoms with Crippen LogP contribution < -0.4 is 15.5 Å². The van der Waals surface area contributed by atoms with Crippen molar-refractivity contribution in [3.8, 4) is 0 Å². The normalized spacial score (nSPS) is 19.2. The number of rotatable bonds is 6. The predicted octanol–water partition coefficient (Wildman–Crippen LogP) is 2.45. The van der Waals surface area contributed by atoms with Gasteiger partial charge in [0.2, 0.25) is 0 Å². The number of hydrogen-bond acceptors (Lipinski definition) is 4. The van der Waals surface area contributed by atoms with Crippen molar-refractivity contribution in [2.45, 2.75) is 57.0 Å². The maximum atomic E-state index is 12.4. The molecule has 0 aromatic heterocycles. The molecule has 1 saturated carbocycles. The van der Waals surface area contributed by atoms with Gasteiger partial charge < -0.3 is 15.5 Å². The van der Waals surface area contributed by atoms with Gasteiger partial charge in [0.1, 0.15) is 0 Å². The zero-order valence-electron chi connectivity index (χ0n) is 17.2. The molecule has 1 heterocycles. The van der Waals surface area contributed by atoms with Crippen molar-refractivity contribution in [2.24, 2.45) is 0 Å². The average Bonchev–Trinajstić information content (AvgIpc) is 3.23. The fraction of sp³-hybridized carbons (Fsp3) is 0.636. The number of amides is 2. The van der Waals surface area contributed by atoms with E-state index in [1.807, 2.05) is 14.1 Å². The van der Waals surface area contributed by atoms with Crippen molar-refractivity contribution < 1.29 is 9.59 Å². The molecule has 1 aliphatic heterocycles. The summed E-state index contributed by atoms with van der Waals surface area (Å²) in [6.45, 7) is 2.52. The molecule has 1 aromatic carbocycles. The highest BCUT2D eigenvalue weighted by Crippen LogP contribution is 2.26. The third-order valence-electron chi connectivity index (χ3n) is 5.98. The van der Waals surface area contributed by atoms with Gasteiger partial charge in [0.15, 0.2) is 0 Å². The van der Waals surface area contributed by atoms with E-state index in [-0.39, 0.29) is 12.1 Å². The van der Waals surface area contributed by atoms with Gasteiger partial charge in [-0.1, -0.05) is 31.4 Å². The van der Waals surface area contributed by atoms with Crippen LogP contribution in [-0.2, 0) is 9.59 Å². The summed E-state index contributed by atoms with van der Waals surface area (Å²) in [5, 5.41) is 5.78. The fourth-order valence-electron chi connectivity index (χ4n) is 4.27. The zero-order chi connectivity index (χ0) is 19.9. The number of hydrogen-bond donors (Lipinski definition) is 2. The van der Waals surface area contributed by atoms with E-state index in [1.165, 1.54) is 24.8 Å². The first kappa shape index (κ1) is 20.6. The molecule has 2 aliphatic rings. The van der Waals surface area contributed by atoms with E-state index in [9.17, 15) is 9.59 Å². The summed E-state index contributed by atoms with van der Waals surface area (Å²) in [4.78, 5) is 29.1. The monoisotopic (exact) mass is 386 g/mol. The molecule has 1 atom stereocenters. The number of benzene rings is 1. The average molecular weight is 387 g/mol. The smallest absolute Gasteiger partial charge is 0.309 e. The maximum absolute atomic E-state index is 12.4. The molecule has 1 saturated heterocycles. The van der Waals surface area contributed by atoms with E-state index in [0.29, 0.717) is 6.54 Å². The van der Waals surface area contributed by atoms with Gasteiger partial charge in [-0.2, -0.15) is 0 Å². The van der Waals surface area contributed by atoms with Gasteiger partial charge >= 0.3 is 11.8 Å². The Morgan fingerprint density at radius 3 is 2.25 bits per heavy atom. The number of anilines is 1. The van der Waals surface area contributed by atoms with Crippen LogP contribution in [0.4, 0.5) is 5.69 Å². The van der Waals surface area contributed by atoms with Crippen LogP contribution in [0.3, 0.4) is 0 Å². The van der Waals surface area contributed by atoms with Crippen molar-refractivity contribution in [1.82, 2.24) is 15.5 Å². The summed E-state index contributed by atoms with van der Waals surface area (Å²) < 4.78 is 0. The topological polar surface area (TPSA) is 64.7 Å². The lowest BCUT2D eigenvalue weighted by atomic mass is 9.95. The number of nitrogens with zero attached hydrogens (tertiary/aromatic N) is 2. The van der Waals surface area contributed by atoms with Crippen molar-refractivity contribution in [2.75, 3.05) is 38.6 Å². The molecule has 1 aromatic rings. The van der Waals surface area contributed by atoms with Crippen LogP contribution in [0.15, 0.2) is 24.3 Å². The van der Waals surface area contributed by atoms with Gasteiger partial charge in [0.25, 0.3) is 0 Å². The molecule has 2 N–H and O–H groups in total. The maximum Gasteiger partial charge on any atom is 0.309 e. The van der Waals surface area contributed by atoms with Crippen molar-refractivity contribution in [3.63, 3.8) is 0 Å². The standard InChI is InChI=1S/C22H34N4O2/c1-25(2)19-12-10-17(11-13-19)20(26-14-6-7-15-26)16-23-21(27)22(28)24-18-8-4-3-5-9-18/h10-13,18,20H,3-9,14-16H2,1-2H3,(H,23,27)(H,24,28)/t20-/m0/s1. The molecule has 6 nitrogen and oxygen atoms in total. The first-order valence-corrected chi connectivity index (χ1v) is 10.6. The highest BCUT2D eigenvalue weighted by Gasteiger charge is 2.26. The summed E-state index contributed by atoms with van der Waals surface area (Å²) in [5.74, 6) is -1.00. The van der Waals surface area contributed by atoms with Gasteiger partial charge in [0, 0.05) is 32.4 Å². The molecule has 0 unspecified atom stereocenters. The van der Waals surface area contributed by atoms with Crippen LogP contribution in [0.2, 0.25) is 0 Å². The molecular formula is C22H34N4O2. The second-order valence-corrected chi connectivity index (χ2v) is 8.26.